The van der Waals surface area contributed by atoms with Crippen molar-refractivity contribution in [2.24, 2.45) is 0 Å². The van der Waals surface area contributed by atoms with Gasteiger partial charge in [-0.2, -0.15) is 13.2 Å². The third kappa shape index (κ3) is 8.32. The summed E-state index contributed by atoms with van der Waals surface area (Å²) in [7, 11) is 0. The quantitative estimate of drug-likeness (QED) is 0.805. The highest BCUT2D eigenvalue weighted by Crippen LogP contribution is 2.22. The fraction of sp³-hybridized carbons (Fsp3) is 0.800. The minimum Gasteiger partial charge on any atom is -0.444 e. The largest absolute Gasteiger partial charge is 0.444 e. The summed E-state index contributed by atoms with van der Waals surface area (Å²) in [6.07, 6.45) is -7.01. The first-order chi connectivity index (χ1) is 7.94. The van der Waals surface area contributed by atoms with E-state index in [1.54, 1.807) is 20.8 Å². The molecule has 0 saturated heterocycles. The number of Topliss-reactive ketones (excluding diaryl/α,β-unsaturated/α-hetero) is 1. The molecule has 0 saturated carbocycles. The molecule has 0 aliphatic rings. The highest BCUT2D eigenvalue weighted by molar-refractivity contribution is 9.09. The van der Waals surface area contributed by atoms with Crippen LogP contribution in [0.2, 0.25) is 0 Å². The summed E-state index contributed by atoms with van der Waals surface area (Å²) < 4.78 is 41.5. The Hall–Kier alpha value is -0.790. The van der Waals surface area contributed by atoms with Gasteiger partial charge in [0, 0.05) is 0 Å². The topological polar surface area (TPSA) is 55.4 Å². The Morgan fingerprint density at radius 1 is 1.28 bits per heavy atom. The number of rotatable bonds is 4. The van der Waals surface area contributed by atoms with Crippen LogP contribution in [0.25, 0.3) is 0 Å². The van der Waals surface area contributed by atoms with Crippen LogP contribution in [-0.4, -0.2) is 35.0 Å². The van der Waals surface area contributed by atoms with Gasteiger partial charge in [0.2, 0.25) is 0 Å². The minimum absolute atomic E-state index is 0.274. The van der Waals surface area contributed by atoms with Gasteiger partial charge in [-0.3, -0.25) is 4.79 Å². The second kappa shape index (κ2) is 6.40. The lowest BCUT2D eigenvalue weighted by Gasteiger charge is -2.23. The molecule has 0 aromatic carbocycles. The SMILES string of the molecule is CC(C)(C)OC(=O)NC(CC(F)(F)F)C(=O)CBr. The molecule has 0 fully saturated rings. The van der Waals surface area contributed by atoms with Crippen molar-refractivity contribution < 1.29 is 27.5 Å². The number of nitrogens with one attached hydrogen (secondary N) is 1. The predicted molar refractivity (Wildman–Crippen MR) is 62.6 cm³/mol. The van der Waals surface area contributed by atoms with Gasteiger partial charge in [0.1, 0.15) is 11.6 Å². The van der Waals surface area contributed by atoms with Crippen LogP contribution >= 0.6 is 15.9 Å². The fourth-order valence-corrected chi connectivity index (χ4v) is 1.41. The first-order valence-corrected chi connectivity index (χ1v) is 6.21. The lowest BCUT2D eigenvalue weighted by Crippen LogP contribution is -2.46. The molecule has 0 aliphatic heterocycles. The zero-order valence-corrected chi connectivity index (χ0v) is 11.8. The van der Waals surface area contributed by atoms with Crippen molar-refractivity contribution in [1.29, 1.82) is 0 Å². The van der Waals surface area contributed by atoms with E-state index in [2.05, 4.69) is 15.9 Å². The van der Waals surface area contributed by atoms with E-state index in [9.17, 15) is 22.8 Å². The van der Waals surface area contributed by atoms with Crippen LogP contribution in [0.5, 0.6) is 0 Å². The van der Waals surface area contributed by atoms with E-state index in [0.717, 1.165) is 0 Å². The highest BCUT2D eigenvalue weighted by atomic mass is 79.9. The number of halogens is 4. The first kappa shape index (κ1) is 17.2. The van der Waals surface area contributed by atoms with Crippen molar-refractivity contribution in [3.63, 3.8) is 0 Å². The van der Waals surface area contributed by atoms with Crippen LogP contribution in [-0.2, 0) is 9.53 Å². The van der Waals surface area contributed by atoms with Crippen LogP contribution in [0.4, 0.5) is 18.0 Å². The van der Waals surface area contributed by atoms with Crippen molar-refractivity contribution in [2.75, 3.05) is 5.33 Å². The Bertz CT molecular complexity index is 312. The maximum atomic E-state index is 12.2. The number of hydrogen-bond acceptors (Lipinski definition) is 3. The summed E-state index contributed by atoms with van der Waals surface area (Å²) in [6, 6.07) is -1.64. The van der Waals surface area contributed by atoms with Gasteiger partial charge in [0.05, 0.1) is 11.8 Å². The van der Waals surface area contributed by atoms with Crippen molar-refractivity contribution in [2.45, 2.75) is 45.0 Å². The van der Waals surface area contributed by atoms with E-state index in [4.69, 9.17) is 4.74 Å². The fourth-order valence-electron chi connectivity index (χ4n) is 1.02. The minimum atomic E-state index is -4.54. The number of hydrogen-bond donors (Lipinski definition) is 1. The summed E-state index contributed by atoms with van der Waals surface area (Å²) in [5.41, 5.74) is -0.843. The molecule has 4 nitrogen and oxygen atoms in total. The number of ketones is 1. The Labute approximate surface area is 111 Å². The molecular weight excluding hydrogens is 319 g/mol. The molecule has 8 heteroatoms. The van der Waals surface area contributed by atoms with Crippen LogP contribution in [0.1, 0.15) is 27.2 Å². The molecule has 0 heterocycles. The molecule has 0 aromatic heterocycles. The van der Waals surface area contributed by atoms with E-state index < -0.39 is 36.1 Å². The van der Waals surface area contributed by atoms with Gasteiger partial charge in [-0.1, -0.05) is 15.9 Å². The lowest BCUT2D eigenvalue weighted by molar-refractivity contribution is -0.147. The zero-order valence-electron chi connectivity index (χ0n) is 10.2. The molecule has 1 unspecified atom stereocenters. The molecule has 1 N–H and O–H groups in total. The normalized spacial score (nSPS) is 13.9. The molecule has 0 spiro atoms. The maximum absolute atomic E-state index is 12.2. The average Bonchev–Trinajstić information content (AvgIpc) is 2.10. The van der Waals surface area contributed by atoms with Gasteiger partial charge in [-0.25, -0.2) is 4.79 Å². The Morgan fingerprint density at radius 3 is 2.11 bits per heavy atom. The summed E-state index contributed by atoms with van der Waals surface area (Å²) in [5.74, 6) is -0.766. The molecule has 106 valence electrons. The third-order valence-corrected chi connectivity index (χ3v) is 2.20. The van der Waals surface area contributed by atoms with E-state index in [1.807, 2.05) is 5.32 Å². The molecule has 0 aliphatic carbocycles. The van der Waals surface area contributed by atoms with E-state index in [0.29, 0.717) is 0 Å². The summed E-state index contributed by atoms with van der Waals surface area (Å²) in [4.78, 5) is 22.6. The number of carbonyl (C=O) groups excluding carboxylic acids is 2. The Kier molecular flexibility index (Phi) is 6.12. The van der Waals surface area contributed by atoms with E-state index in [1.165, 1.54) is 0 Å². The standard InChI is InChI=1S/C10H15BrF3NO3/c1-9(2,3)18-8(17)15-6(7(16)5-11)4-10(12,13)14/h6H,4-5H2,1-3H3,(H,15,17). The summed E-state index contributed by atoms with van der Waals surface area (Å²) in [5, 5.41) is 1.65. The van der Waals surface area contributed by atoms with Crippen molar-refractivity contribution in [3.8, 4) is 0 Å². The monoisotopic (exact) mass is 333 g/mol. The van der Waals surface area contributed by atoms with Crippen LogP contribution < -0.4 is 5.32 Å². The number of alkyl carbamates (subject to hydrolysis) is 1. The second-order valence-electron chi connectivity index (χ2n) is 4.62. The molecule has 1 atom stereocenters. The van der Waals surface area contributed by atoms with Gasteiger partial charge < -0.3 is 10.1 Å². The second-order valence-corrected chi connectivity index (χ2v) is 5.18. The average molecular weight is 334 g/mol. The first-order valence-electron chi connectivity index (χ1n) is 5.09. The molecule has 0 aromatic rings. The number of carbonyl (C=O) groups is 2. The van der Waals surface area contributed by atoms with Crippen molar-refractivity contribution in [1.82, 2.24) is 5.32 Å². The molecular formula is C10H15BrF3NO3. The number of ether oxygens (including phenoxy) is 1. The number of alkyl halides is 4. The Morgan fingerprint density at radius 2 is 1.78 bits per heavy atom. The van der Waals surface area contributed by atoms with Gasteiger partial charge in [0.25, 0.3) is 0 Å². The molecule has 18 heavy (non-hydrogen) atoms. The molecule has 0 bridgehead atoms. The zero-order chi connectivity index (χ0) is 14.6. The van der Waals surface area contributed by atoms with Gasteiger partial charge in [-0.15, -0.1) is 0 Å². The van der Waals surface area contributed by atoms with Crippen LogP contribution in [0, 0.1) is 0 Å². The third-order valence-electron chi connectivity index (χ3n) is 1.65. The van der Waals surface area contributed by atoms with Gasteiger partial charge in [-0.05, 0) is 20.8 Å². The van der Waals surface area contributed by atoms with Crippen LogP contribution in [0.3, 0.4) is 0 Å². The lowest BCUT2D eigenvalue weighted by atomic mass is 10.1. The van der Waals surface area contributed by atoms with E-state index >= 15 is 0 Å². The number of amides is 1. The Balaban J connectivity index is 4.61. The van der Waals surface area contributed by atoms with Crippen LogP contribution in [0.15, 0.2) is 0 Å². The molecule has 1 amide bonds. The maximum Gasteiger partial charge on any atom is 0.408 e. The summed E-state index contributed by atoms with van der Waals surface area (Å²) in [6.45, 7) is 4.70. The highest BCUT2D eigenvalue weighted by Gasteiger charge is 2.36. The van der Waals surface area contributed by atoms with Gasteiger partial charge >= 0.3 is 12.3 Å². The summed E-state index contributed by atoms with van der Waals surface area (Å²) >= 11 is 2.77. The predicted octanol–water partition coefficient (Wildman–Crippen LogP) is 2.80. The smallest absolute Gasteiger partial charge is 0.408 e. The van der Waals surface area contributed by atoms with Gasteiger partial charge in [0.15, 0.2) is 5.78 Å². The van der Waals surface area contributed by atoms with E-state index in [-0.39, 0.29) is 5.33 Å². The van der Waals surface area contributed by atoms with Crippen molar-refractivity contribution >= 4 is 27.8 Å². The van der Waals surface area contributed by atoms with Crippen molar-refractivity contribution in [3.05, 3.63) is 0 Å². The molecule has 0 rings (SSSR count). The molecule has 0 radical (unpaired) electrons.